The summed E-state index contributed by atoms with van der Waals surface area (Å²) in [6.07, 6.45) is 3.63. The van der Waals surface area contributed by atoms with Gasteiger partial charge in [0, 0.05) is 35.3 Å². The second kappa shape index (κ2) is 10.4. The second-order valence-electron chi connectivity index (χ2n) is 11.9. The normalized spacial score (nSPS) is 30.8. The third kappa shape index (κ3) is 5.46. The second-order valence-corrected chi connectivity index (χ2v) is 11.9. The van der Waals surface area contributed by atoms with E-state index in [2.05, 4.69) is 32.3 Å². The maximum atomic E-state index is 13.4. The lowest BCUT2D eigenvalue weighted by Crippen LogP contribution is -2.50. The molecule has 11 heteroatoms. The summed E-state index contributed by atoms with van der Waals surface area (Å²) in [6.45, 7) is 2.04. The predicted molar refractivity (Wildman–Crippen MR) is 143 cm³/mol. The van der Waals surface area contributed by atoms with Crippen molar-refractivity contribution in [3.63, 3.8) is 0 Å². The van der Waals surface area contributed by atoms with Gasteiger partial charge in [-0.3, -0.25) is 19.9 Å². The Kier molecular flexibility index (Phi) is 7.08. The fraction of sp³-hybridized carbons (Fsp3) is 0.552. The van der Waals surface area contributed by atoms with Gasteiger partial charge >= 0.3 is 6.18 Å². The average molecular weight is 557 g/mol. The van der Waals surface area contributed by atoms with Gasteiger partial charge < -0.3 is 10.4 Å². The number of hydrazine groups is 1. The molecule has 8 nitrogen and oxygen atoms in total. The van der Waals surface area contributed by atoms with Gasteiger partial charge in [0.2, 0.25) is 5.91 Å². The number of halogens is 3. The number of alkyl halides is 3. The Bertz CT molecular complexity index is 1390. The number of aromatic nitrogens is 3. The van der Waals surface area contributed by atoms with Gasteiger partial charge in [-0.1, -0.05) is 6.07 Å². The first-order chi connectivity index (χ1) is 19.1. The van der Waals surface area contributed by atoms with Crippen molar-refractivity contribution in [3.8, 4) is 0 Å². The minimum absolute atomic E-state index is 0.0172. The van der Waals surface area contributed by atoms with Crippen LogP contribution < -0.4 is 16.2 Å². The van der Waals surface area contributed by atoms with Crippen LogP contribution in [0.4, 0.5) is 13.2 Å². The van der Waals surface area contributed by atoms with E-state index in [4.69, 9.17) is 0 Å². The summed E-state index contributed by atoms with van der Waals surface area (Å²) in [5.41, 5.74) is 7.39. The molecule has 0 bridgehead atoms. The van der Waals surface area contributed by atoms with Crippen LogP contribution in [0.1, 0.15) is 67.8 Å². The van der Waals surface area contributed by atoms with E-state index in [1.54, 1.807) is 0 Å². The van der Waals surface area contributed by atoms with E-state index in [-0.39, 0.29) is 36.4 Å². The van der Waals surface area contributed by atoms with Crippen molar-refractivity contribution in [2.24, 2.45) is 11.8 Å². The lowest BCUT2D eigenvalue weighted by molar-refractivity contribution is -0.137. The van der Waals surface area contributed by atoms with E-state index in [1.165, 1.54) is 22.5 Å². The molecule has 6 atom stereocenters. The number of carbonyl (C=O) groups excluding carboxylic acids is 1. The number of pyridine rings is 1. The summed E-state index contributed by atoms with van der Waals surface area (Å²) >= 11 is 0. The van der Waals surface area contributed by atoms with Crippen molar-refractivity contribution in [2.45, 2.75) is 88.3 Å². The maximum absolute atomic E-state index is 13.4. The number of fused-ring (bicyclic) bond motifs is 2. The summed E-state index contributed by atoms with van der Waals surface area (Å²) in [5, 5.41) is 19.5. The van der Waals surface area contributed by atoms with Crippen LogP contribution >= 0.6 is 0 Å². The third-order valence-corrected chi connectivity index (χ3v) is 8.99. The molecule has 3 aromatic rings. The Morgan fingerprint density at radius 1 is 1.20 bits per heavy atom. The first-order valence-corrected chi connectivity index (χ1v) is 14.1. The number of aryl methyl sites for hydroxylation is 1. The van der Waals surface area contributed by atoms with Gasteiger partial charge in [0.15, 0.2) is 0 Å². The van der Waals surface area contributed by atoms with Crippen molar-refractivity contribution >= 4 is 16.8 Å². The molecule has 40 heavy (non-hydrogen) atoms. The molecule has 1 saturated heterocycles. The van der Waals surface area contributed by atoms with Crippen LogP contribution in [-0.4, -0.2) is 43.5 Å². The molecule has 3 heterocycles. The zero-order chi connectivity index (χ0) is 28.1. The maximum Gasteiger partial charge on any atom is 0.416 e. The molecule has 2 aromatic heterocycles. The molecule has 0 radical (unpaired) electrons. The van der Waals surface area contributed by atoms with E-state index in [1.807, 2.05) is 19.2 Å². The van der Waals surface area contributed by atoms with Crippen LogP contribution in [-0.2, 0) is 17.5 Å². The standard InChI is InChI=1S/C29H35F3N6O2/c1-17-11-18(8-10-33-17)26-23-12-19(5-7-24(23)36-37-26)27(39)35-22-3-2-9-28(40,14-22)16-38-25-13-21(29(30,31)32)6-4-20(25)15-34-38/h4,6,8,10-11,13,15,19,22-24,26,36-37,40H,2-3,5,7,9,12,14,16H2,1H3,(H,35,39)/t19?,22-,23?,24?,26?,28+/m0/s1. The van der Waals surface area contributed by atoms with Crippen molar-refractivity contribution in [2.75, 3.05) is 0 Å². The summed E-state index contributed by atoms with van der Waals surface area (Å²) in [7, 11) is 0. The van der Waals surface area contributed by atoms with Crippen molar-refractivity contribution < 1.29 is 23.1 Å². The van der Waals surface area contributed by atoms with Crippen molar-refractivity contribution in [3.05, 3.63) is 59.5 Å². The monoisotopic (exact) mass is 556 g/mol. The van der Waals surface area contributed by atoms with Crippen LogP contribution in [0.15, 0.2) is 42.7 Å². The van der Waals surface area contributed by atoms with Gasteiger partial charge in [0.1, 0.15) is 0 Å². The highest BCUT2D eigenvalue weighted by atomic mass is 19.4. The molecule has 4 N–H and O–H groups in total. The van der Waals surface area contributed by atoms with E-state index in [0.29, 0.717) is 36.2 Å². The minimum Gasteiger partial charge on any atom is -0.388 e. The van der Waals surface area contributed by atoms with Crippen LogP contribution in [0.25, 0.3) is 10.9 Å². The molecule has 3 aliphatic rings. The fourth-order valence-electron chi connectivity index (χ4n) is 6.96. The number of carbonyl (C=O) groups is 1. The lowest BCUT2D eigenvalue weighted by atomic mass is 9.74. The topological polar surface area (TPSA) is 104 Å². The van der Waals surface area contributed by atoms with Gasteiger partial charge in [0.05, 0.1) is 35.5 Å². The number of aliphatic hydroxyl groups is 1. The quantitative estimate of drug-likeness (QED) is 0.376. The first-order valence-electron chi connectivity index (χ1n) is 14.1. The number of rotatable bonds is 5. The molecule has 4 unspecified atom stereocenters. The number of hydrogen-bond acceptors (Lipinski definition) is 6. The molecule has 1 aliphatic heterocycles. The van der Waals surface area contributed by atoms with Crippen LogP contribution in [0.5, 0.6) is 0 Å². The van der Waals surface area contributed by atoms with Crippen LogP contribution in [0, 0.1) is 18.8 Å². The van der Waals surface area contributed by atoms with Gasteiger partial charge in [0.25, 0.3) is 0 Å². The number of benzene rings is 1. The first kappa shape index (κ1) is 27.2. The Morgan fingerprint density at radius 2 is 2.05 bits per heavy atom. The molecule has 2 saturated carbocycles. The zero-order valence-corrected chi connectivity index (χ0v) is 22.4. The average Bonchev–Trinajstić information content (AvgIpc) is 3.51. The molecule has 2 aliphatic carbocycles. The number of amides is 1. The van der Waals surface area contributed by atoms with Crippen LogP contribution in [0.2, 0.25) is 0 Å². The highest BCUT2D eigenvalue weighted by Gasteiger charge is 2.44. The Morgan fingerprint density at radius 3 is 2.85 bits per heavy atom. The van der Waals surface area contributed by atoms with E-state index in [0.717, 1.165) is 43.5 Å². The van der Waals surface area contributed by atoms with E-state index in [9.17, 15) is 23.1 Å². The SMILES string of the molecule is Cc1cc(C2NNC3CCC(C(=O)N[C@H]4CCC[C@](O)(Cn5ncc6ccc(C(F)(F)F)cc65)C4)CC32)ccn1. The lowest BCUT2D eigenvalue weighted by Gasteiger charge is -2.38. The molecule has 6 rings (SSSR count). The van der Waals surface area contributed by atoms with Crippen molar-refractivity contribution in [1.82, 2.24) is 30.9 Å². The summed E-state index contributed by atoms with van der Waals surface area (Å²) in [5.74, 6) is 0.187. The highest BCUT2D eigenvalue weighted by Crippen LogP contribution is 2.41. The molecule has 214 valence electrons. The third-order valence-electron chi connectivity index (χ3n) is 8.99. The van der Waals surface area contributed by atoms with Gasteiger partial charge in [-0.05, 0) is 87.6 Å². The molecule has 3 fully saturated rings. The summed E-state index contributed by atoms with van der Waals surface area (Å²) in [4.78, 5) is 17.7. The van der Waals surface area contributed by atoms with E-state index >= 15 is 0 Å². The van der Waals surface area contributed by atoms with Crippen LogP contribution in [0.3, 0.4) is 0 Å². The largest absolute Gasteiger partial charge is 0.416 e. The van der Waals surface area contributed by atoms with E-state index < -0.39 is 17.3 Å². The molecular weight excluding hydrogens is 521 g/mol. The zero-order valence-electron chi connectivity index (χ0n) is 22.4. The molecular formula is C29H35F3N6O2. The number of hydrogen-bond donors (Lipinski definition) is 4. The smallest absolute Gasteiger partial charge is 0.388 e. The summed E-state index contributed by atoms with van der Waals surface area (Å²) in [6, 6.07) is 7.86. The molecule has 0 spiro atoms. The predicted octanol–water partition coefficient (Wildman–Crippen LogP) is 4.18. The minimum atomic E-state index is -4.46. The number of nitrogens with one attached hydrogen (secondary N) is 3. The van der Waals surface area contributed by atoms with Gasteiger partial charge in [-0.15, -0.1) is 0 Å². The molecule has 1 amide bonds. The van der Waals surface area contributed by atoms with Crippen molar-refractivity contribution in [1.29, 1.82) is 0 Å². The van der Waals surface area contributed by atoms with Gasteiger partial charge in [-0.25, -0.2) is 5.43 Å². The number of nitrogens with zero attached hydrogens (tertiary/aromatic N) is 3. The Hall–Kier alpha value is -3.02. The fourth-order valence-corrected chi connectivity index (χ4v) is 6.96. The Balaban J connectivity index is 1.11. The molecule has 1 aromatic carbocycles. The summed E-state index contributed by atoms with van der Waals surface area (Å²) < 4.78 is 41.3. The van der Waals surface area contributed by atoms with Gasteiger partial charge in [-0.2, -0.15) is 18.3 Å². The Labute approximate surface area is 230 Å². The highest BCUT2D eigenvalue weighted by molar-refractivity contribution is 5.80.